The van der Waals surface area contributed by atoms with Crippen molar-refractivity contribution >= 4 is 0 Å². The van der Waals surface area contributed by atoms with E-state index < -0.39 is 5.60 Å². The van der Waals surface area contributed by atoms with Gasteiger partial charge in [0.2, 0.25) is 0 Å². The van der Waals surface area contributed by atoms with Crippen molar-refractivity contribution in [3.63, 3.8) is 0 Å². The molecule has 0 saturated heterocycles. The monoisotopic (exact) mass is 232 g/mol. The molecule has 1 nitrogen and oxygen atoms in total. The minimum Gasteiger partial charge on any atom is -0.385 e. The lowest BCUT2D eigenvalue weighted by Crippen LogP contribution is -2.24. The van der Waals surface area contributed by atoms with Gasteiger partial charge in [-0.2, -0.15) is 0 Å². The second kappa shape index (κ2) is 4.13. The predicted molar refractivity (Wildman–Crippen MR) is 72.1 cm³/mol. The number of aliphatic hydroxyl groups is 1. The zero-order chi connectivity index (χ0) is 12.7. The van der Waals surface area contributed by atoms with Gasteiger partial charge in [-0.05, 0) is 49.1 Å². The maximum absolute atomic E-state index is 10.8. The van der Waals surface area contributed by atoms with E-state index in [1.807, 2.05) is 0 Å². The molecule has 0 heterocycles. The molecule has 1 aromatic rings. The second-order valence-corrected chi connectivity index (χ2v) is 6.75. The molecular formula is C16H24O. The van der Waals surface area contributed by atoms with Gasteiger partial charge >= 0.3 is 0 Å². The van der Waals surface area contributed by atoms with Gasteiger partial charge in [0.1, 0.15) is 0 Å². The highest BCUT2D eigenvalue weighted by Crippen LogP contribution is 2.42. The Morgan fingerprint density at radius 2 is 2.00 bits per heavy atom. The average Bonchev–Trinajstić information content (AvgIpc) is 2.54. The van der Waals surface area contributed by atoms with Crippen molar-refractivity contribution in [1.29, 1.82) is 0 Å². The molecule has 1 heteroatoms. The standard InChI is InChI=1S/C16H24O/c1-12-5-6-13-7-8-16(17,14(13)11-12)10-9-15(2,3)4/h5-6,11,17H,7-10H2,1-4H3. The highest BCUT2D eigenvalue weighted by atomic mass is 16.3. The Kier molecular flexibility index (Phi) is 3.07. The first-order valence-electron chi connectivity index (χ1n) is 6.63. The molecule has 0 aliphatic heterocycles. The van der Waals surface area contributed by atoms with E-state index in [9.17, 15) is 5.11 Å². The third-order valence-electron chi connectivity index (χ3n) is 3.86. The molecule has 17 heavy (non-hydrogen) atoms. The van der Waals surface area contributed by atoms with Crippen LogP contribution in [0.1, 0.15) is 56.7 Å². The lowest BCUT2D eigenvalue weighted by atomic mass is 9.82. The number of rotatable bonds is 2. The van der Waals surface area contributed by atoms with Crippen molar-refractivity contribution in [2.75, 3.05) is 0 Å². The fraction of sp³-hybridized carbons (Fsp3) is 0.625. The third-order valence-corrected chi connectivity index (χ3v) is 3.86. The molecule has 0 radical (unpaired) electrons. The van der Waals surface area contributed by atoms with Gasteiger partial charge in [0, 0.05) is 0 Å². The quantitative estimate of drug-likeness (QED) is 0.818. The first-order chi connectivity index (χ1) is 7.80. The van der Waals surface area contributed by atoms with Gasteiger partial charge in [-0.3, -0.25) is 0 Å². The highest BCUT2D eigenvalue weighted by molar-refractivity contribution is 5.39. The van der Waals surface area contributed by atoms with E-state index in [2.05, 4.69) is 45.9 Å². The van der Waals surface area contributed by atoms with Crippen LogP contribution in [0.3, 0.4) is 0 Å². The predicted octanol–water partition coefficient (Wildman–Crippen LogP) is 3.96. The van der Waals surface area contributed by atoms with Crippen LogP contribution in [0.5, 0.6) is 0 Å². The largest absolute Gasteiger partial charge is 0.385 e. The van der Waals surface area contributed by atoms with Gasteiger partial charge in [-0.1, -0.05) is 44.5 Å². The number of hydrogen-bond acceptors (Lipinski definition) is 1. The molecule has 0 aromatic heterocycles. The Bertz CT molecular complexity index is 414. The van der Waals surface area contributed by atoms with Crippen molar-refractivity contribution in [1.82, 2.24) is 0 Å². The van der Waals surface area contributed by atoms with Crippen LogP contribution in [0.2, 0.25) is 0 Å². The maximum Gasteiger partial charge on any atom is 0.0902 e. The molecule has 0 bridgehead atoms. The fourth-order valence-corrected chi connectivity index (χ4v) is 2.66. The van der Waals surface area contributed by atoms with Gasteiger partial charge in [0.15, 0.2) is 0 Å². The van der Waals surface area contributed by atoms with Crippen LogP contribution in [-0.2, 0) is 12.0 Å². The summed E-state index contributed by atoms with van der Waals surface area (Å²) < 4.78 is 0. The normalized spacial score (nSPS) is 23.8. The van der Waals surface area contributed by atoms with E-state index in [0.29, 0.717) is 5.41 Å². The molecule has 1 aromatic carbocycles. The highest BCUT2D eigenvalue weighted by Gasteiger charge is 2.37. The topological polar surface area (TPSA) is 20.2 Å². The molecule has 1 atom stereocenters. The summed E-state index contributed by atoms with van der Waals surface area (Å²) >= 11 is 0. The Labute approximate surface area is 105 Å². The SMILES string of the molecule is Cc1ccc2c(c1)C(O)(CCC(C)(C)C)CC2. The summed E-state index contributed by atoms with van der Waals surface area (Å²) in [7, 11) is 0. The smallest absolute Gasteiger partial charge is 0.0902 e. The molecule has 0 fully saturated rings. The summed E-state index contributed by atoms with van der Waals surface area (Å²) in [4.78, 5) is 0. The Morgan fingerprint density at radius 1 is 1.29 bits per heavy atom. The lowest BCUT2D eigenvalue weighted by Gasteiger charge is -2.28. The van der Waals surface area contributed by atoms with Gasteiger partial charge in [0.05, 0.1) is 5.60 Å². The summed E-state index contributed by atoms with van der Waals surface area (Å²) in [5, 5.41) is 10.8. The third kappa shape index (κ3) is 2.71. The molecule has 1 aliphatic carbocycles. The molecule has 0 saturated carbocycles. The molecule has 94 valence electrons. The number of fused-ring (bicyclic) bond motifs is 1. The Balaban J connectivity index is 2.22. The molecule has 0 amide bonds. The van der Waals surface area contributed by atoms with E-state index in [1.54, 1.807) is 0 Å². The molecule has 1 aliphatic rings. The first-order valence-corrected chi connectivity index (χ1v) is 6.63. The summed E-state index contributed by atoms with van der Waals surface area (Å²) in [5.41, 5.74) is 3.49. The van der Waals surface area contributed by atoms with E-state index in [4.69, 9.17) is 0 Å². The van der Waals surface area contributed by atoms with E-state index in [0.717, 1.165) is 25.7 Å². The molecule has 0 spiro atoms. The van der Waals surface area contributed by atoms with Crippen LogP contribution < -0.4 is 0 Å². The van der Waals surface area contributed by atoms with Crippen molar-refractivity contribution in [3.8, 4) is 0 Å². The van der Waals surface area contributed by atoms with Crippen LogP contribution in [0.25, 0.3) is 0 Å². The van der Waals surface area contributed by atoms with Crippen LogP contribution >= 0.6 is 0 Å². The second-order valence-electron chi connectivity index (χ2n) is 6.75. The van der Waals surface area contributed by atoms with Crippen molar-refractivity contribution < 1.29 is 5.11 Å². The van der Waals surface area contributed by atoms with Gasteiger partial charge < -0.3 is 5.11 Å². The average molecular weight is 232 g/mol. The summed E-state index contributed by atoms with van der Waals surface area (Å²) in [5.74, 6) is 0. The minimum atomic E-state index is -0.575. The molecule has 1 N–H and O–H groups in total. The van der Waals surface area contributed by atoms with Gasteiger partial charge in [-0.15, -0.1) is 0 Å². The van der Waals surface area contributed by atoms with Crippen molar-refractivity contribution in [2.24, 2.45) is 5.41 Å². The Hall–Kier alpha value is -0.820. The van der Waals surface area contributed by atoms with Crippen LogP contribution in [0.4, 0.5) is 0 Å². The minimum absolute atomic E-state index is 0.294. The zero-order valence-electron chi connectivity index (χ0n) is 11.5. The van der Waals surface area contributed by atoms with Crippen LogP contribution in [0, 0.1) is 12.3 Å². The van der Waals surface area contributed by atoms with Gasteiger partial charge in [-0.25, -0.2) is 0 Å². The number of benzene rings is 1. The summed E-state index contributed by atoms with van der Waals surface area (Å²) in [6.07, 6.45) is 3.86. The fourth-order valence-electron chi connectivity index (χ4n) is 2.66. The molecular weight excluding hydrogens is 208 g/mol. The molecule has 1 unspecified atom stereocenters. The molecule has 2 rings (SSSR count). The van der Waals surface area contributed by atoms with Crippen molar-refractivity contribution in [2.45, 2.75) is 59.0 Å². The summed E-state index contributed by atoms with van der Waals surface area (Å²) in [6, 6.07) is 6.50. The number of aryl methyl sites for hydroxylation is 2. The maximum atomic E-state index is 10.8. The zero-order valence-corrected chi connectivity index (χ0v) is 11.5. The van der Waals surface area contributed by atoms with E-state index in [-0.39, 0.29) is 0 Å². The lowest BCUT2D eigenvalue weighted by molar-refractivity contribution is 0.0185. The van der Waals surface area contributed by atoms with E-state index in [1.165, 1.54) is 16.7 Å². The van der Waals surface area contributed by atoms with Gasteiger partial charge in [0.25, 0.3) is 0 Å². The van der Waals surface area contributed by atoms with Crippen molar-refractivity contribution in [3.05, 3.63) is 34.9 Å². The van der Waals surface area contributed by atoms with Crippen LogP contribution in [0.15, 0.2) is 18.2 Å². The number of hydrogen-bond donors (Lipinski definition) is 1. The van der Waals surface area contributed by atoms with E-state index >= 15 is 0 Å². The van der Waals surface area contributed by atoms with Crippen LogP contribution in [-0.4, -0.2) is 5.11 Å². The first kappa shape index (κ1) is 12.6. The Morgan fingerprint density at radius 3 is 2.65 bits per heavy atom. The summed E-state index contributed by atoms with van der Waals surface area (Å²) in [6.45, 7) is 8.82.